The van der Waals surface area contributed by atoms with Gasteiger partial charge in [-0.15, -0.1) is 0 Å². The van der Waals surface area contributed by atoms with Crippen LogP contribution in [0.2, 0.25) is 0 Å². The molecule has 2 aromatic rings. The number of benzene rings is 2. The van der Waals surface area contributed by atoms with Crippen molar-refractivity contribution in [3.63, 3.8) is 0 Å². The number of amides is 1. The standard InChI is InChI=1S/C27H34N2O6/c1-6-28(7-2)13-14-29-24(18-9-11-20(30)22(16-18)35-8-3)23(26(32)27(29)33)25(31)19-10-12-21(34-5)17(4)15-19/h9-12,15-16,24,30-31H,6-8,13-14H2,1-5H3/b25-23+/t24-/m1/s1. The summed E-state index contributed by atoms with van der Waals surface area (Å²) in [7, 11) is 1.56. The number of aromatic hydroxyl groups is 1. The molecule has 1 aliphatic rings. The van der Waals surface area contributed by atoms with E-state index in [1.54, 1.807) is 44.4 Å². The Balaban J connectivity index is 2.16. The van der Waals surface area contributed by atoms with Gasteiger partial charge in [0.25, 0.3) is 11.7 Å². The van der Waals surface area contributed by atoms with E-state index >= 15 is 0 Å². The van der Waals surface area contributed by atoms with Crippen LogP contribution in [0.25, 0.3) is 5.76 Å². The Morgan fingerprint density at radius 1 is 1.06 bits per heavy atom. The molecule has 0 aliphatic carbocycles. The number of ketones is 1. The number of carbonyl (C=O) groups is 2. The molecular weight excluding hydrogens is 448 g/mol. The molecule has 0 aromatic heterocycles. The van der Waals surface area contributed by atoms with Crippen molar-refractivity contribution in [3.8, 4) is 17.2 Å². The highest BCUT2D eigenvalue weighted by Gasteiger charge is 2.46. The van der Waals surface area contributed by atoms with E-state index in [0.29, 0.717) is 36.6 Å². The van der Waals surface area contributed by atoms with E-state index in [-0.39, 0.29) is 22.8 Å². The van der Waals surface area contributed by atoms with Crippen LogP contribution in [-0.4, -0.2) is 71.6 Å². The van der Waals surface area contributed by atoms with Crippen molar-refractivity contribution in [1.29, 1.82) is 0 Å². The molecule has 1 fully saturated rings. The highest BCUT2D eigenvalue weighted by Crippen LogP contribution is 2.42. The van der Waals surface area contributed by atoms with Crippen LogP contribution >= 0.6 is 0 Å². The van der Waals surface area contributed by atoms with Crippen molar-refractivity contribution in [1.82, 2.24) is 9.80 Å². The van der Waals surface area contributed by atoms with E-state index in [0.717, 1.165) is 18.7 Å². The maximum atomic E-state index is 13.3. The first kappa shape index (κ1) is 26.1. The first-order valence-corrected chi connectivity index (χ1v) is 11.9. The number of aliphatic hydroxyl groups excluding tert-OH is 1. The topological polar surface area (TPSA) is 99.5 Å². The number of phenols is 1. The smallest absolute Gasteiger partial charge is 0.295 e. The van der Waals surface area contributed by atoms with E-state index in [1.165, 1.54) is 11.0 Å². The lowest BCUT2D eigenvalue weighted by atomic mass is 9.94. The maximum Gasteiger partial charge on any atom is 0.295 e. The van der Waals surface area contributed by atoms with Gasteiger partial charge in [-0.3, -0.25) is 9.59 Å². The lowest BCUT2D eigenvalue weighted by Crippen LogP contribution is -2.38. The molecule has 35 heavy (non-hydrogen) atoms. The zero-order valence-electron chi connectivity index (χ0n) is 21.0. The molecule has 1 aliphatic heterocycles. The summed E-state index contributed by atoms with van der Waals surface area (Å²) in [5, 5.41) is 21.5. The minimum absolute atomic E-state index is 0.00671. The molecule has 3 rings (SSSR count). The Morgan fingerprint density at radius 2 is 1.77 bits per heavy atom. The number of methoxy groups -OCH3 is 1. The van der Waals surface area contributed by atoms with Gasteiger partial charge in [0.2, 0.25) is 0 Å². The normalized spacial score (nSPS) is 17.3. The molecule has 1 amide bonds. The van der Waals surface area contributed by atoms with Crippen LogP contribution in [0.3, 0.4) is 0 Å². The largest absolute Gasteiger partial charge is 0.507 e. The Morgan fingerprint density at radius 3 is 2.37 bits per heavy atom. The number of carbonyl (C=O) groups excluding carboxylic acids is 2. The number of hydrogen-bond acceptors (Lipinski definition) is 7. The lowest BCUT2D eigenvalue weighted by Gasteiger charge is -2.28. The van der Waals surface area contributed by atoms with Crippen molar-refractivity contribution >= 4 is 17.4 Å². The van der Waals surface area contributed by atoms with Gasteiger partial charge < -0.3 is 29.5 Å². The van der Waals surface area contributed by atoms with E-state index in [4.69, 9.17) is 9.47 Å². The molecule has 1 atom stereocenters. The average Bonchev–Trinajstić information content (AvgIpc) is 3.10. The fraction of sp³-hybridized carbons (Fsp3) is 0.407. The number of nitrogens with zero attached hydrogens (tertiary/aromatic N) is 2. The number of aliphatic hydroxyl groups is 1. The van der Waals surface area contributed by atoms with E-state index < -0.39 is 17.7 Å². The molecule has 1 heterocycles. The van der Waals surface area contributed by atoms with Crippen LogP contribution in [0.4, 0.5) is 0 Å². The first-order valence-electron chi connectivity index (χ1n) is 11.9. The van der Waals surface area contributed by atoms with Gasteiger partial charge in [-0.1, -0.05) is 19.9 Å². The van der Waals surface area contributed by atoms with Gasteiger partial charge in [-0.2, -0.15) is 0 Å². The van der Waals surface area contributed by atoms with Gasteiger partial charge in [-0.05, 0) is 68.4 Å². The highest BCUT2D eigenvalue weighted by atomic mass is 16.5. The number of ether oxygens (including phenoxy) is 2. The Hall–Kier alpha value is -3.52. The van der Waals surface area contributed by atoms with Crippen molar-refractivity contribution in [2.75, 3.05) is 39.9 Å². The zero-order valence-corrected chi connectivity index (χ0v) is 21.0. The third kappa shape index (κ3) is 5.27. The molecule has 0 bridgehead atoms. The first-order chi connectivity index (χ1) is 16.8. The van der Waals surface area contributed by atoms with Crippen molar-refractivity contribution in [3.05, 3.63) is 58.7 Å². The summed E-state index contributed by atoms with van der Waals surface area (Å²) in [6.45, 7) is 10.6. The molecule has 0 radical (unpaired) electrons. The van der Waals surface area contributed by atoms with Crippen LogP contribution in [-0.2, 0) is 9.59 Å². The number of likely N-dealkylation sites (tertiary alicyclic amines) is 1. The molecule has 8 nitrogen and oxygen atoms in total. The second kappa shape index (κ2) is 11.3. The Bertz CT molecular complexity index is 1120. The van der Waals surface area contributed by atoms with Gasteiger partial charge >= 0.3 is 0 Å². The van der Waals surface area contributed by atoms with Crippen LogP contribution in [0.1, 0.15) is 43.5 Å². The summed E-state index contributed by atoms with van der Waals surface area (Å²) in [4.78, 5) is 30.1. The fourth-order valence-electron chi connectivity index (χ4n) is 4.40. The molecule has 188 valence electrons. The SMILES string of the molecule is CCOc1cc([C@@H]2/C(=C(\O)c3ccc(OC)c(C)c3)C(=O)C(=O)N2CCN(CC)CC)ccc1O. The van der Waals surface area contributed by atoms with Crippen molar-refractivity contribution in [2.45, 2.75) is 33.7 Å². The summed E-state index contributed by atoms with van der Waals surface area (Å²) in [6.07, 6.45) is 0. The third-order valence-electron chi connectivity index (χ3n) is 6.36. The number of Topliss-reactive ketones (excluding diaryl/α,β-unsaturated/α-hetero) is 1. The summed E-state index contributed by atoms with van der Waals surface area (Å²) < 4.78 is 10.8. The minimum atomic E-state index is -0.826. The summed E-state index contributed by atoms with van der Waals surface area (Å²) in [5.41, 5.74) is 1.77. The molecular formula is C27H34N2O6. The van der Waals surface area contributed by atoms with Crippen LogP contribution in [0, 0.1) is 6.92 Å². The van der Waals surface area contributed by atoms with E-state index in [9.17, 15) is 19.8 Å². The predicted molar refractivity (Wildman–Crippen MR) is 134 cm³/mol. The van der Waals surface area contributed by atoms with Crippen LogP contribution in [0.5, 0.6) is 17.2 Å². The van der Waals surface area contributed by atoms with Crippen LogP contribution in [0.15, 0.2) is 42.0 Å². The number of rotatable bonds is 10. The molecule has 2 N–H and O–H groups in total. The molecule has 0 spiro atoms. The summed E-state index contributed by atoms with van der Waals surface area (Å²) in [5.74, 6) is -0.805. The van der Waals surface area contributed by atoms with Gasteiger partial charge in [0, 0.05) is 18.7 Å². The summed E-state index contributed by atoms with van der Waals surface area (Å²) in [6, 6.07) is 9.00. The quantitative estimate of drug-likeness (QED) is 0.301. The molecule has 1 saturated heterocycles. The van der Waals surface area contributed by atoms with E-state index in [1.807, 2.05) is 20.8 Å². The second-order valence-electron chi connectivity index (χ2n) is 8.36. The fourth-order valence-corrected chi connectivity index (χ4v) is 4.40. The van der Waals surface area contributed by atoms with Gasteiger partial charge in [0.05, 0.1) is 25.3 Å². The van der Waals surface area contributed by atoms with Crippen molar-refractivity contribution < 1.29 is 29.3 Å². The molecule has 8 heteroatoms. The molecule has 0 unspecified atom stereocenters. The maximum absolute atomic E-state index is 13.3. The number of hydrogen-bond donors (Lipinski definition) is 2. The monoisotopic (exact) mass is 482 g/mol. The summed E-state index contributed by atoms with van der Waals surface area (Å²) >= 11 is 0. The van der Waals surface area contributed by atoms with Gasteiger partial charge in [0.1, 0.15) is 11.5 Å². The minimum Gasteiger partial charge on any atom is -0.507 e. The predicted octanol–water partition coefficient (Wildman–Crippen LogP) is 3.87. The van der Waals surface area contributed by atoms with Gasteiger partial charge in [-0.25, -0.2) is 0 Å². The van der Waals surface area contributed by atoms with Gasteiger partial charge in [0.15, 0.2) is 11.5 Å². The van der Waals surface area contributed by atoms with Crippen LogP contribution < -0.4 is 9.47 Å². The number of likely N-dealkylation sites (N-methyl/N-ethyl adjacent to an activating group) is 1. The Kier molecular flexibility index (Phi) is 8.40. The van der Waals surface area contributed by atoms with E-state index in [2.05, 4.69) is 4.90 Å². The molecule has 0 saturated carbocycles. The van der Waals surface area contributed by atoms with Crippen molar-refractivity contribution in [2.24, 2.45) is 0 Å². The number of phenolic OH excluding ortho intramolecular Hbond substituents is 1. The zero-order chi connectivity index (χ0) is 25.7. The molecule has 2 aromatic carbocycles. The average molecular weight is 483 g/mol. The number of aryl methyl sites for hydroxylation is 1. The lowest BCUT2D eigenvalue weighted by molar-refractivity contribution is -0.140. The third-order valence-corrected chi connectivity index (χ3v) is 6.36. The second-order valence-corrected chi connectivity index (χ2v) is 8.36. The Labute approximate surface area is 206 Å². The highest BCUT2D eigenvalue weighted by molar-refractivity contribution is 6.46.